The van der Waals surface area contributed by atoms with Gasteiger partial charge in [-0.15, -0.1) is 11.8 Å². The van der Waals surface area contributed by atoms with Crippen molar-refractivity contribution in [3.8, 4) is 6.07 Å². The van der Waals surface area contributed by atoms with Crippen LogP contribution in [0.5, 0.6) is 0 Å². The quantitative estimate of drug-likeness (QED) is 0.838. The summed E-state index contributed by atoms with van der Waals surface area (Å²) in [7, 11) is 0. The van der Waals surface area contributed by atoms with Gasteiger partial charge in [0.05, 0.1) is 5.56 Å². The van der Waals surface area contributed by atoms with Crippen LogP contribution in [0.25, 0.3) is 0 Å². The smallest absolute Gasteiger partial charge is 0.100 e. The molecular weight excluding hydrogens is 242 g/mol. The molecule has 0 bridgehead atoms. The van der Waals surface area contributed by atoms with E-state index in [4.69, 9.17) is 5.26 Å². The lowest BCUT2D eigenvalue weighted by Crippen LogP contribution is -2.44. The number of nitriles is 1. The molecule has 0 atom stereocenters. The molecule has 0 amide bonds. The highest BCUT2D eigenvalue weighted by molar-refractivity contribution is 7.98. The average molecular weight is 261 g/mol. The van der Waals surface area contributed by atoms with Gasteiger partial charge in [-0.1, -0.05) is 6.07 Å². The summed E-state index contributed by atoms with van der Waals surface area (Å²) in [5.74, 6) is 0. The topological polar surface area (TPSA) is 39.1 Å². The zero-order valence-corrected chi connectivity index (χ0v) is 11.6. The van der Waals surface area contributed by atoms with Gasteiger partial charge < -0.3 is 10.2 Å². The summed E-state index contributed by atoms with van der Waals surface area (Å²) in [6, 6.07) is 8.43. The zero-order chi connectivity index (χ0) is 12.8. The molecule has 3 nitrogen and oxygen atoms in total. The molecule has 1 aromatic rings. The first-order valence-corrected chi connectivity index (χ1v) is 7.56. The van der Waals surface area contributed by atoms with Crippen molar-refractivity contribution in [2.75, 3.05) is 39.0 Å². The average Bonchev–Trinajstić information content (AvgIpc) is 2.45. The number of thioether (sulfide) groups is 1. The monoisotopic (exact) mass is 261 g/mol. The molecule has 0 spiro atoms. The van der Waals surface area contributed by atoms with Gasteiger partial charge in [0.25, 0.3) is 0 Å². The zero-order valence-electron chi connectivity index (χ0n) is 10.8. The molecule has 2 rings (SSSR count). The highest BCUT2D eigenvalue weighted by Gasteiger charge is 2.09. The van der Waals surface area contributed by atoms with Crippen LogP contribution >= 0.6 is 11.8 Å². The molecule has 1 aliphatic heterocycles. The van der Waals surface area contributed by atoms with Crippen molar-refractivity contribution < 1.29 is 0 Å². The molecule has 0 radical (unpaired) electrons. The first-order chi connectivity index (χ1) is 8.83. The standard InChI is InChI=1S/C14H19N3S/c1-18-14-10-12(2-3-13(14)11-15)4-7-17-8-5-16-6-9-17/h2-3,10,16H,4-9H2,1H3. The normalized spacial score (nSPS) is 16.4. The van der Waals surface area contributed by atoms with Gasteiger partial charge in [-0.05, 0) is 30.4 Å². The van der Waals surface area contributed by atoms with Crippen molar-refractivity contribution in [1.82, 2.24) is 10.2 Å². The summed E-state index contributed by atoms with van der Waals surface area (Å²) in [6.07, 6.45) is 3.09. The van der Waals surface area contributed by atoms with E-state index in [0.29, 0.717) is 0 Å². The number of hydrogen-bond donors (Lipinski definition) is 1. The largest absolute Gasteiger partial charge is 0.314 e. The number of rotatable bonds is 4. The molecule has 18 heavy (non-hydrogen) atoms. The Kier molecular flexibility index (Phi) is 5.06. The van der Waals surface area contributed by atoms with Crippen molar-refractivity contribution in [3.05, 3.63) is 29.3 Å². The molecule has 1 N–H and O–H groups in total. The predicted molar refractivity (Wildman–Crippen MR) is 76.0 cm³/mol. The van der Waals surface area contributed by atoms with Crippen LogP contribution in [0.3, 0.4) is 0 Å². The molecule has 0 aromatic heterocycles. The SMILES string of the molecule is CSc1cc(CCN2CCNCC2)ccc1C#N. The Balaban J connectivity index is 1.95. The molecule has 1 aliphatic rings. The Bertz CT molecular complexity index is 433. The fourth-order valence-electron chi connectivity index (χ4n) is 2.21. The summed E-state index contributed by atoms with van der Waals surface area (Å²) in [5.41, 5.74) is 2.12. The maximum atomic E-state index is 9.00. The molecule has 0 unspecified atom stereocenters. The van der Waals surface area contributed by atoms with Crippen LogP contribution in [-0.4, -0.2) is 43.9 Å². The van der Waals surface area contributed by atoms with Crippen molar-refractivity contribution in [1.29, 1.82) is 5.26 Å². The van der Waals surface area contributed by atoms with Gasteiger partial charge in [0.2, 0.25) is 0 Å². The van der Waals surface area contributed by atoms with Crippen LogP contribution < -0.4 is 5.32 Å². The van der Waals surface area contributed by atoms with Crippen molar-refractivity contribution in [3.63, 3.8) is 0 Å². The summed E-state index contributed by atoms with van der Waals surface area (Å²) < 4.78 is 0. The van der Waals surface area contributed by atoms with Crippen LogP contribution in [0.1, 0.15) is 11.1 Å². The van der Waals surface area contributed by atoms with E-state index < -0.39 is 0 Å². The number of nitrogens with one attached hydrogen (secondary N) is 1. The number of hydrogen-bond acceptors (Lipinski definition) is 4. The van der Waals surface area contributed by atoms with Crippen LogP contribution in [0.2, 0.25) is 0 Å². The second kappa shape index (κ2) is 6.79. The Morgan fingerprint density at radius 1 is 1.39 bits per heavy atom. The lowest BCUT2D eigenvalue weighted by molar-refractivity contribution is 0.244. The molecule has 1 fully saturated rings. The predicted octanol–water partition coefficient (Wildman–Crippen LogP) is 1.73. The van der Waals surface area contributed by atoms with Crippen LogP contribution in [0, 0.1) is 11.3 Å². The summed E-state index contributed by atoms with van der Waals surface area (Å²) in [5, 5.41) is 12.4. The number of piperazine rings is 1. The second-order valence-corrected chi connectivity index (χ2v) is 5.34. The Labute approximate surface area is 113 Å². The molecule has 1 aromatic carbocycles. The van der Waals surface area contributed by atoms with Gasteiger partial charge >= 0.3 is 0 Å². The molecular formula is C14H19N3S. The van der Waals surface area contributed by atoms with E-state index in [-0.39, 0.29) is 0 Å². The first kappa shape index (κ1) is 13.4. The van der Waals surface area contributed by atoms with Crippen LogP contribution in [0.15, 0.2) is 23.1 Å². The van der Waals surface area contributed by atoms with Crippen LogP contribution in [0.4, 0.5) is 0 Å². The van der Waals surface area contributed by atoms with Gasteiger partial charge in [-0.25, -0.2) is 0 Å². The summed E-state index contributed by atoms with van der Waals surface area (Å²) in [4.78, 5) is 3.59. The van der Waals surface area contributed by atoms with E-state index in [1.54, 1.807) is 11.8 Å². The Morgan fingerprint density at radius 3 is 2.83 bits per heavy atom. The third-order valence-corrected chi connectivity index (χ3v) is 4.09. The molecule has 0 aliphatic carbocycles. The molecule has 0 saturated carbocycles. The fourth-order valence-corrected chi connectivity index (χ4v) is 2.81. The van der Waals surface area contributed by atoms with E-state index >= 15 is 0 Å². The first-order valence-electron chi connectivity index (χ1n) is 6.33. The third-order valence-electron chi connectivity index (χ3n) is 3.31. The summed E-state index contributed by atoms with van der Waals surface area (Å²) >= 11 is 1.65. The highest BCUT2D eigenvalue weighted by Crippen LogP contribution is 2.21. The van der Waals surface area contributed by atoms with Gasteiger partial charge in [0.1, 0.15) is 6.07 Å². The minimum absolute atomic E-state index is 0.786. The van der Waals surface area contributed by atoms with E-state index in [0.717, 1.165) is 49.6 Å². The van der Waals surface area contributed by atoms with Gasteiger partial charge in [-0.3, -0.25) is 0 Å². The number of benzene rings is 1. The Morgan fingerprint density at radius 2 is 2.17 bits per heavy atom. The second-order valence-electron chi connectivity index (χ2n) is 4.49. The van der Waals surface area contributed by atoms with E-state index in [2.05, 4.69) is 28.4 Å². The van der Waals surface area contributed by atoms with E-state index in [9.17, 15) is 0 Å². The van der Waals surface area contributed by atoms with Crippen LogP contribution in [-0.2, 0) is 6.42 Å². The molecule has 4 heteroatoms. The van der Waals surface area contributed by atoms with E-state index in [1.807, 2.05) is 12.3 Å². The Hall–Kier alpha value is -1.02. The van der Waals surface area contributed by atoms with Crippen molar-refractivity contribution in [2.24, 2.45) is 0 Å². The molecule has 1 saturated heterocycles. The molecule has 1 heterocycles. The third kappa shape index (κ3) is 3.49. The van der Waals surface area contributed by atoms with Crippen molar-refractivity contribution in [2.45, 2.75) is 11.3 Å². The summed E-state index contributed by atoms with van der Waals surface area (Å²) in [6.45, 7) is 5.60. The minimum atomic E-state index is 0.786. The highest BCUT2D eigenvalue weighted by atomic mass is 32.2. The van der Waals surface area contributed by atoms with Gasteiger partial charge in [-0.2, -0.15) is 5.26 Å². The lowest BCUT2D eigenvalue weighted by Gasteiger charge is -2.27. The van der Waals surface area contributed by atoms with Gasteiger partial charge in [0.15, 0.2) is 0 Å². The lowest BCUT2D eigenvalue weighted by atomic mass is 10.1. The number of nitrogens with zero attached hydrogens (tertiary/aromatic N) is 2. The van der Waals surface area contributed by atoms with Crippen molar-refractivity contribution >= 4 is 11.8 Å². The molecule has 96 valence electrons. The maximum Gasteiger partial charge on any atom is 0.100 e. The van der Waals surface area contributed by atoms with Gasteiger partial charge in [0, 0.05) is 37.6 Å². The van der Waals surface area contributed by atoms with E-state index in [1.165, 1.54) is 5.56 Å². The minimum Gasteiger partial charge on any atom is -0.314 e. The maximum absolute atomic E-state index is 9.00. The fraction of sp³-hybridized carbons (Fsp3) is 0.500.